The molecule has 23 heavy (non-hydrogen) atoms. The minimum absolute atomic E-state index is 0.254. The van der Waals surface area contributed by atoms with Crippen LogP contribution < -0.4 is 0 Å². The van der Waals surface area contributed by atoms with E-state index in [-0.39, 0.29) is 5.97 Å². The second kappa shape index (κ2) is 5.40. The van der Waals surface area contributed by atoms with Crippen LogP contribution in [0.25, 0.3) is 22.4 Å². The molecule has 0 amide bonds. The van der Waals surface area contributed by atoms with Crippen LogP contribution in [0.15, 0.2) is 60.7 Å². The van der Waals surface area contributed by atoms with Gasteiger partial charge in [-0.1, -0.05) is 48.5 Å². The summed E-state index contributed by atoms with van der Waals surface area (Å²) in [6, 6.07) is 21.0. The minimum Gasteiger partial charge on any atom is -0.461 e. The zero-order chi connectivity index (χ0) is 15.8. The zero-order valence-corrected chi connectivity index (χ0v) is 12.9. The van der Waals surface area contributed by atoms with Crippen LogP contribution in [0.1, 0.15) is 29.2 Å². The third-order valence-electron chi connectivity index (χ3n) is 4.18. The van der Waals surface area contributed by atoms with Gasteiger partial charge in [-0.15, -0.1) is 0 Å². The maximum atomic E-state index is 11.0. The van der Waals surface area contributed by atoms with Gasteiger partial charge in [-0.05, 0) is 56.8 Å². The van der Waals surface area contributed by atoms with Crippen LogP contribution in [0, 0.1) is 0 Å². The van der Waals surface area contributed by atoms with E-state index < -0.39 is 0 Å². The van der Waals surface area contributed by atoms with Crippen molar-refractivity contribution in [2.24, 2.45) is 0 Å². The van der Waals surface area contributed by atoms with Crippen molar-refractivity contribution in [2.45, 2.75) is 13.5 Å². The van der Waals surface area contributed by atoms with Crippen molar-refractivity contribution in [3.8, 4) is 0 Å². The number of carbonyl (C=O) groups is 1. The summed E-state index contributed by atoms with van der Waals surface area (Å²) in [5.41, 5.74) is 5.95. The number of carbonyl (C=O) groups excluding carboxylic acids is 1. The van der Waals surface area contributed by atoms with Crippen LogP contribution in [0.5, 0.6) is 0 Å². The molecule has 112 valence electrons. The fourth-order valence-electron chi connectivity index (χ4n) is 3.22. The first kappa shape index (κ1) is 13.8. The van der Waals surface area contributed by atoms with Gasteiger partial charge in [0.2, 0.25) is 0 Å². The number of rotatable bonds is 3. The molecular formula is C21H16O2. The molecule has 0 saturated heterocycles. The van der Waals surface area contributed by atoms with Crippen LogP contribution in [0.2, 0.25) is 0 Å². The Hall–Kier alpha value is -2.87. The summed E-state index contributed by atoms with van der Waals surface area (Å²) in [5.74, 6) is -0.254. The number of esters is 1. The molecule has 0 aliphatic heterocycles. The molecule has 3 aromatic carbocycles. The lowest BCUT2D eigenvalue weighted by atomic mass is 9.97. The van der Waals surface area contributed by atoms with E-state index in [4.69, 9.17) is 4.74 Å². The monoisotopic (exact) mass is 300 g/mol. The predicted octanol–water partition coefficient (Wildman–Crippen LogP) is 4.81. The largest absolute Gasteiger partial charge is 0.461 e. The molecule has 3 aromatic rings. The van der Waals surface area contributed by atoms with Crippen LogP contribution in [0.3, 0.4) is 0 Å². The number of hydrogen-bond donors (Lipinski definition) is 0. The van der Waals surface area contributed by atoms with E-state index in [1.54, 1.807) is 0 Å². The Morgan fingerprint density at radius 3 is 2.61 bits per heavy atom. The Morgan fingerprint density at radius 2 is 1.83 bits per heavy atom. The van der Waals surface area contributed by atoms with E-state index in [0.717, 1.165) is 5.56 Å². The van der Waals surface area contributed by atoms with Crippen molar-refractivity contribution >= 4 is 28.4 Å². The number of benzene rings is 3. The molecule has 0 aromatic heterocycles. The van der Waals surface area contributed by atoms with E-state index in [0.29, 0.717) is 6.61 Å². The van der Waals surface area contributed by atoms with Gasteiger partial charge in [-0.25, -0.2) is 0 Å². The normalized spacial score (nSPS) is 12.3. The third-order valence-corrected chi connectivity index (χ3v) is 4.18. The molecule has 0 atom stereocenters. The first-order valence-corrected chi connectivity index (χ1v) is 7.69. The van der Waals surface area contributed by atoms with Crippen molar-refractivity contribution in [3.05, 3.63) is 82.9 Å². The quantitative estimate of drug-likeness (QED) is 0.508. The van der Waals surface area contributed by atoms with Gasteiger partial charge < -0.3 is 4.74 Å². The second-order valence-electron chi connectivity index (χ2n) is 5.79. The van der Waals surface area contributed by atoms with Crippen LogP contribution in [-0.4, -0.2) is 5.97 Å². The Labute approximate surface area is 135 Å². The highest BCUT2D eigenvalue weighted by atomic mass is 16.5. The minimum atomic E-state index is -0.254. The molecule has 0 bridgehead atoms. The summed E-state index contributed by atoms with van der Waals surface area (Å²) in [4.78, 5) is 11.0. The van der Waals surface area contributed by atoms with E-state index in [9.17, 15) is 4.79 Å². The molecule has 4 rings (SSSR count). The molecular weight excluding hydrogens is 284 g/mol. The SMILES string of the molecule is CC(=O)OCc1cc2c3c(cccc3c1)C(c1ccccc1)=C2. The standard InChI is InChI=1S/C21H16O2/c1-14(22)23-13-15-10-17-8-5-9-19-20(12-18(11-15)21(17)19)16-6-3-2-4-7-16/h2-12H,13H2,1H3. The van der Waals surface area contributed by atoms with Gasteiger partial charge in [-0.2, -0.15) is 0 Å². The van der Waals surface area contributed by atoms with E-state index in [1.807, 2.05) is 6.07 Å². The van der Waals surface area contributed by atoms with E-state index in [2.05, 4.69) is 60.7 Å². The second-order valence-corrected chi connectivity index (χ2v) is 5.79. The van der Waals surface area contributed by atoms with Gasteiger partial charge in [0.05, 0.1) is 0 Å². The summed E-state index contributed by atoms with van der Waals surface area (Å²) in [6.07, 6.45) is 2.23. The molecule has 1 aliphatic rings. The molecule has 0 saturated carbocycles. The zero-order valence-electron chi connectivity index (χ0n) is 12.9. The smallest absolute Gasteiger partial charge is 0.302 e. The highest BCUT2D eigenvalue weighted by Gasteiger charge is 2.18. The van der Waals surface area contributed by atoms with E-state index >= 15 is 0 Å². The van der Waals surface area contributed by atoms with Crippen molar-refractivity contribution in [2.75, 3.05) is 0 Å². The molecule has 2 heteroatoms. The highest BCUT2D eigenvalue weighted by Crippen LogP contribution is 2.40. The van der Waals surface area contributed by atoms with Crippen LogP contribution in [0.4, 0.5) is 0 Å². The number of ether oxygens (including phenoxy) is 1. The maximum absolute atomic E-state index is 11.0. The Bertz CT molecular complexity index is 937. The highest BCUT2D eigenvalue weighted by molar-refractivity contribution is 6.12. The molecule has 0 spiro atoms. The van der Waals surface area contributed by atoms with Gasteiger partial charge in [0.25, 0.3) is 0 Å². The summed E-state index contributed by atoms with van der Waals surface area (Å²) in [5, 5.41) is 2.46. The summed E-state index contributed by atoms with van der Waals surface area (Å²) in [6.45, 7) is 1.75. The molecule has 0 N–H and O–H groups in total. The van der Waals surface area contributed by atoms with Gasteiger partial charge in [0.15, 0.2) is 0 Å². The molecule has 1 aliphatic carbocycles. The summed E-state index contributed by atoms with van der Waals surface area (Å²) < 4.78 is 5.15. The fourth-order valence-corrected chi connectivity index (χ4v) is 3.22. The Balaban J connectivity index is 1.84. The van der Waals surface area contributed by atoms with Gasteiger partial charge in [-0.3, -0.25) is 4.79 Å². The van der Waals surface area contributed by atoms with Gasteiger partial charge in [0, 0.05) is 6.92 Å². The van der Waals surface area contributed by atoms with Crippen LogP contribution in [-0.2, 0) is 16.1 Å². The van der Waals surface area contributed by atoms with Gasteiger partial charge in [0.1, 0.15) is 6.61 Å². The lowest BCUT2D eigenvalue weighted by Gasteiger charge is -2.08. The van der Waals surface area contributed by atoms with Gasteiger partial charge >= 0.3 is 5.97 Å². The van der Waals surface area contributed by atoms with Crippen molar-refractivity contribution in [3.63, 3.8) is 0 Å². The van der Waals surface area contributed by atoms with Crippen molar-refractivity contribution in [1.82, 2.24) is 0 Å². The Kier molecular flexibility index (Phi) is 3.23. The Morgan fingerprint density at radius 1 is 1.00 bits per heavy atom. The topological polar surface area (TPSA) is 26.3 Å². The number of hydrogen-bond acceptors (Lipinski definition) is 2. The lowest BCUT2D eigenvalue weighted by Crippen LogP contribution is -1.99. The predicted molar refractivity (Wildman–Crippen MR) is 92.8 cm³/mol. The fraction of sp³-hybridized carbons (Fsp3) is 0.0952. The third kappa shape index (κ3) is 2.42. The average molecular weight is 300 g/mol. The molecule has 0 radical (unpaired) electrons. The average Bonchev–Trinajstić information content (AvgIpc) is 2.94. The first-order valence-electron chi connectivity index (χ1n) is 7.69. The maximum Gasteiger partial charge on any atom is 0.302 e. The van der Waals surface area contributed by atoms with E-state index in [1.165, 1.54) is 40.0 Å². The molecule has 2 nitrogen and oxygen atoms in total. The first-order chi connectivity index (χ1) is 11.2. The lowest BCUT2D eigenvalue weighted by molar-refractivity contribution is -0.142. The van der Waals surface area contributed by atoms with Crippen LogP contribution >= 0.6 is 0 Å². The summed E-state index contributed by atoms with van der Waals surface area (Å²) in [7, 11) is 0. The molecule has 0 fully saturated rings. The van der Waals surface area contributed by atoms with Crippen molar-refractivity contribution < 1.29 is 9.53 Å². The van der Waals surface area contributed by atoms with Crippen molar-refractivity contribution in [1.29, 1.82) is 0 Å². The molecule has 0 heterocycles. The summed E-state index contributed by atoms with van der Waals surface area (Å²) >= 11 is 0. The molecule has 0 unspecified atom stereocenters.